The van der Waals surface area contributed by atoms with Gasteiger partial charge in [0, 0.05) is 6.54 Å². The fourth-order valence-corrected chi connectivity index (χ4v) is 1.15. The van der Waals surface area contributed by atoms with Gasteiger partial charge in [-0.05, 0) is 6.42 Å². The standard InChI is InChI=1S/C10H18N2O5/c1-2-3-4-12(5-8(11)13)9(14)6-17-7-10(15)16/h2-7H2,1H3,(H2,11,13)(H,15,16). The lowest BCUT2D eigenvalue weighted by Crippen LogP contribution is -2.41. The highest BCUT2D eigenvalue weighted by molar-refractivity contribution is 5.84. The van der Waals surface area contributed by atoms with Crippen molar-refractivity contribution in [3.8, 4) is 0 Å². The second kappa shape index (κ2) is 8.51. The number of rotatable bonds is 9. The molecule has 7 nitrogen and oxygen atoms in total. The second-order valence-corrected chi connectivity index (χ2v) is 3.52. The Bertz CT molecular complexity index is 280. The first-order valence-electron chi connectivity index (χ1n) is 5.33. The molecule has 2 amide bonds. The zero-order chi connectivity index (χ0) is 13.3. The Kier molecular flexibility index (Phi) is 7.70. The Morgan fingerprint density at radius 2 is 1.94 bits per heavy atom. The summed E-state index contributed by atoms with van der Waals surface area (Å²) in [7, 11) is 0. The maximum absolute atomic E-state index is 11.6. The van der Waals surface area contributed by atoms with Crippen molar-refractivity contribution >= 4 is 17.8 Å². The van der Waals surface area contributed by atoms with Crippen molar-refractivity contribution in [3.05, 3.63) is 0 Å². The van der Waals surface area contributed by atoms with Crippen LogP contribution in [0.5, 0.6) is 0 Å². The molecule has 0 saturated heterocycles. The van der Waals surface area contributed by atoms with E-state index >= 15 is 0 Å². The number of unbranched alkanes of at least 4 members (excludes halogenated alkanes) is 1. The summed E-state index contributed by atoms with van der Waals surface area (Å²) in [6, 6.07) is 0. The van der Waals surface area contributed by atoms with Crippen molar-refractivity contribution < 1.29 is 24.2 Å². The average Bonchev–Trinajstić information content (AvgIpc) is 2.22. The lowest BCUT2D eigenvalue weighted by Gasteiger charge is -2.20. The van der Waals surface area contributed by atoms with Crippen LogP contribution in [-0.4, -0.2) is 54.1 Å². The predicted molar refractivity (Wildman–Crippen MR) is 59.1 cm³/mol. The minimum absolute atomic E-state index is 0.171. The number of carbonyl (C=O) groups excluding carboxylic acids is 2. The summed E-state index contributed by atoms with van der Waals surface area (Å²) in [5, 5.41) is 8.33. The van der Waals surface area contributed by atoms with Gasteiger partial charge in [0.05, 0.1) is 6.54 Å². The first-order chi connectivity index (χ1) is 7.97. The maximum atomic E-state index is 11.6. The van der Waals surface area contributed by atoms with Crippen molar-refractivity contribution in [2.45, 2.75) is 19.8 Å². The number of hydrogen-bond acceptors (Lipinski definition) is 4. The third kappa shape index (κ3) is 8.21. The molecule has 0 bridgehead atoms. The van der Waals surface area contributed by atoms with Crippen LogP contribution in [0.15, 0.2) is 0 Å². The van der Waals surface area contributed by atoms with Crippen molar-refractivity contribution in [2.24, 2.45) is 5.73 Å². The van der Waals surface area contributed by atoms with E-state index in [1.807, 2.05) is 6.92 Å². The summed E-state index contributed by atoms with van der Waals surface area (Å²) in [6.45, 7) is 1.30. The van der Waals surface area contributed by atoms with Crippen LogP contribution in [-0.2, 0) is 19.1 Å². The predicted octanol–water partition coefficient (Wildman–Crippen LogP) is -0.798. The monoisotopic (exact) mass is 246 g/mol. The van der Waals surface area contributed by atoms with Gasteiger partial charge in [-0.3, -0.25) is 9.59 Å². The maximum Gasteiger partial charge on any atom is 0.329 e. The number of primary amides is 1. The van der Waals surface area contributed by atoms with E-state index in [-0.39, 0.29) is 13.2 Å². The second-order valence-electron chi connectivity index (χ2n) is 3.52. The average molecular weight is 246 g/mol. The SMILES string of the molecule is CCCCN(CC(N)=O)C(=O)COCC(=O)O. The minimum Gasteiger partial charge on any atom is -0.480 e. The van der Waals surface area contributed by atoms with E-state index in [1.165, 1.54) is 4.90 Å². The summed E-state index contributed by atoms with van der Waals surface area (Å²) in [4.78, 5) is 33.8. The molecule has 0 rings (SSSR count). The van der Waals surface area contributed by atoms with Gasteiger partial charge in [-0.1, -0.05) is 13.3 Å². The number of carbonyl (C=O) groups is 3. The molecule has 3 N–H and O–H groups in total. The molecule has 17 heavy (non-hydrogen) atoms. The van der Waals surface area contributed by atoms with Crippen LogP contribution in [0.3, 0.4) is 0 Å². The normalized spacial score (nSPS) is 9.94. The minimum atomic E-state index is -1.15. The molecule has 7 heteroatoms. The lowest BCUT2D eigenvalue weighted by atomic mass is 10.3. The molecule has 0 aromatic heterocycles. The fraction of sp³-hybridized carbons (Fsp3) is 0.700. The van der Waals surface area contributed by atoms with Gasteiger partial charge < -0.3 is 20.5 Å². The molecule has 0 atom stereocenters. The van der Waals surface area contributed by atoms with E-state index in [4.69, 9.17) is 10.8 Å². The topological polar surface area (TPSA) is 110 Å². The Labute approximate surface area is 99.5 Å². The van der Waals surface area contributed by atoms with Gasteiger partial charge in [0.2, 0.25) is 11.8 Å². The molecule has 0 spiro atoms. The van der Waals surface area contributed by atoms with Crippen LogP contribution in [0, 0.1) is 0 Å². The largest absolute Gasteiger partial charge is 0.480 e. The van der Waals surface area contributed by atoms with Gasteiger partial charge in [-0.15, -0.1) is 0 Å². The summed E-state index contributed by atoms with van der Waals surface area (Å²) < 4.78 is 4.66. The molecule has 0 aliphatic rings. The highest BCUT2D eigenvalue weighted by atomic mass is 16.5. The summed E-state index contributed by atoms with van der Waals surface area (Å²) in [5.74, 6) is -2.18. The van der Waals surface area contributed by atoms with Crippen molar-refractivity contribution in [3.63, 3.8) is 0 Å². The van der Waals surface area contributed by atoms with E-state index < -0.39 is 24.4 Å². The lowest BCUT2D eigenvalue weighted by molar-refractivity contribution is -0.146. The highest BCUT2D eigenvalue weighted by Gasteiger charge is 2.15. The summed E-state index contributed by atoms with van der Waals surface area (Å²) >= 11 is 0. The third-order valence-corrected chi connectivity index (χ3v) is 1.93. The number of carboxylic acids is 1. The first-order valence-corrected chi connectivity index (χ1v) is 5.33. The van der Waals surface area contributed by atoms with E-state index in [0.29, 0.717) is 6.54 Å². The molecule has 98 valence electrons. The van der Waals surface area contributed by atoms with Gasteiger partial charge in [-0.2, -0.15) is 0 Å². The molecule has 0 radical (unpaired) electrons. The van der Waals surface area contributed by atoms with Gasteiger partial charge in [-0.25, -0.2) is 4.79 Å². The van der Waals surface area contributed by atoms with E-state index in [9.17, 15) is 14.4 Å². The number of nitrogens with zero attached hydrogens (tertiary/aromatic N) is 1. The number of ether oxygens (including phenoxy) is 1. The number of nitrogens with two attached hydrogens (primary N) is 1. The van der Waals surface area contributed by atoms with Gasteiger partial charge >= 0.3 is 5.97 Å². The van der Waals surface area contributed by atoms with Crippen LogP contribution < -0.4 is 5.73 Å². The number of hydrogen-bond donors (Lipinski definition) is 2. The van der Waals surface area contributed by atoms with Gasteiger partial charge in [0.1, 0.15) is 13.2 Å². The molecule has 0 aromatic carbocycles. The van der Waals surface area contributed by atoms with Gasteiger partial charge in [0.15, 0.2) is 0 Å². The van der Waals surface area contributed by atoms with Crippen LogP contribution >= 0.6 is 0 Å². The fourth-order valence-electron chi connectivity index (χ4n) is 1.15. The molecule has 0 unspecified atom stereocenters. The summed E-state index contributed by atoms with van der Waals surface area (Å²) in [6.07, 6.45) is 1.62. The van der Waals surface area contributed by atoms with Crippen LogP contribution in [0.1, 0.15) is 19.8 Å². The Balaban J connectivity index is 4.11. The van der Waals surface area contributed by atoms with E-state index in [0.717, 1.165) is 12.8 Å². The Hall–Kier alpha value is -1.63. The summed E-state index contributed by atoms with van der Waals surface area (Å²) in [5.41, 5.74) is 5.01. The first kappa shape index (κ1) is 15.4. The molecule has 0 fully saturated rings. The van der Waals surface area contributed by atoms with Gasteiger partial charge in [0.25, 0.3) is 0 Å². The third-order valence-electron chi connectivity index (χ3n) is 1.93. The molecule has 0 aliphatic carbocycles. The molecule has 0 aliphatic heterocycles. The smallest absolute Gasteiger partial charge is 0.329 e. The molecule has 0 aromatic rings. The number of carboxylic acid groups (broad SMARTS) is 1. The quantitative estimate of drug-likeness (QED) is 0.553. The zero-order valence-corrected chi connectivity index (χ0v) is 9.85. The molecular formula is C10H18N2O5. The number of aliphatic carboxylic acids is 1. The molecule has 0 saturated carbocycles. The van der Waals surface area contributed by atoms with Crippen molar-refractivity contribution in [2.75, 3.05) is 26.3 Å². The molecular weight excluding hydrogens is 228 g/mol. The number of amides is 2. The van der Waals surface area contributed by atoms with E-state index in [1.54, 1.807) is 0 Å². The Morgan fingerprint density at radius 1 is 1.29 bits per heavy atom. The highest BCUT2D eigenvalue weighted by Crippen LogP contribution is 1.96. The van der Waals surface area contributed by atoms with Crippen molar-refractivity contribution in [1.82, 2.24) is 4.90 Å². The zero-order valence-electron chi connectivity index (χ0n) is 9.85. The van der Waals surface area contributed by atoms with Crippen LogP contribution in [0.25, 0.3) is 0 Å². The van der Waals surface area contributed by atoms with Crippen molar-refractivity contribution in [1.29, 1.82) is 0 Å². The Morgan fingerprint density at radius 3 is 2.41 bits per heavy atom. The van der Waals surface area contributed by atoms with E-state index in [2.05, 4.69) is 4.74 Å². The van der Waals surface area contributed by atoms with Crippen LogP contribution in [0.2, 0.25) is 0 Å². The molecule has 0 heterocycles. The van der Waals surface area contributed by atoms with Crippen LogP contribution in [0.4, 0.5) is 0 Å².